The van der Waals surface area contributed by atoms with Crippen LogP contribution in [0.25, 0.3) is 0 Å². The zero-order valence-electron chi connectivity index (χ0n) is 18.3. The summed E-state index contributed by atoms with van der Waals surface area (Å²) >= 11 is 0. The van der Waals surface area contributed by atoms with Crippen molar-refractivity contribution >= 4 is 23.7 Å². The highest BCUT2D eigenvalue weighted by Crippen LogP contribution is 2.26. The third kappa shape index (κ3) is 5.75. The van der Waals surface area contributed by atoms with E-state index in [0.29, 0.717) is 45.2 Å². The Morgan fingerprint density at radius 3 is 1.97 bits per heavy atom. The zero-order chi connectivity index (χ0) is 22.4. The molecule has 174 valence electrons. The van der Waals surface area contributed by atoms with Crippen molar-refractivity contribution in [3.05, 3.63) is 0 Å². The SMILES string of the molecule is NC1CCCCCCCCC(C(=O)O)NC(=O)[C@@H]2CCCN2C(=O)[C@H]2CCCN2C1=O. The first-order valence-corrected chi connectivity index (χ1v) is 11.8. The zero-order valence-corrected chi connectivity index (χ0v) is 18.3. The van der Waals surface area contributed by atoms with E-state index < -0.39 is 36.0 Å². The first kappa shape index (κ1) is 23.5. The van der Waals surface area contributed by atoms with Crippen LogP contribution in [0.1, 0.15) is 77.0 Å². The summed E-state index contributed by atoms with van der Waals surface area (Å²) in [6.07, 6.45) is 8.93. The Morgan fingerprint density at radius 1 is 0.774 bits per heavy atom. The van der Waals surface area contributed by atoms with Gasteiger partial charge in [0, 0.05) is 13.1 Å². The molecule has 3 fully saturated rings. The monoisotopic (exact) mass is 436 g/mol. The highest BCUT2D eigenvalue weighted by Gasteiger charge is 2.43. The first-order chi connectivity index (χ1) is 14.9. The summed E-state index contributed by atoms with van der Waals surface area (Å²) in [5.74, 6) is -1.85. The third-order valence-electron chi connectivity index (χ3n) is 6.85. The summed E-state index contributed by atoms with van der Waals surface area (Å²) in [4.78, 5) is 53.9. The van der Waals surface area contributed by atoms with Crippen LogP contribution in [-0.2, 0) is 19.2 Å². The molecule has 0 aliphatic carbocycles. The van der Waals surface area contributed by atoms with Gasteiger partial charge in [-0.1, -0.05) is 38.5 Å². The summed E-state index contributed by atoms with van der Waals surface area (Å²) in [6, 6.07) is -2.80. The molecule has 0 aromatic rings. The van der Waals surface area contributed by atoms with Crippen LogP contribution in [0, 0.1) is 0 Å². The molecule has 9 heteroatoms. The second kappa shape index (κ2) is 10.9. The highest BCUT2D eigenvalue weighted by atomic mass is 16.4. The normalized spacial score (nSPS) is 32.1. The van der Waals surface area contributed by atoms with Crippen LogP contribution in [-0.4, -0.2) is 75.9 Å². The number of carboxylic acid groups (broad SMARTS) is 1. The molecule has 3 rings (SSSR count). The lowest BCUT2D eigenvalue weighted by Crippen LogP contribution is -2.56. The van der Waals surface area contributed by atoms with E-state index in [4.69, 9.17) is 5.73 Å². The Labute approximate surface area is 183 Å². The summed E-state index contributed by atoms with van der Waals surface area (Å²) in [5.41, 5.74) is 6.17. The molecule has 31 heavy (non-hydrogen) atoms. The van der Waals surface area contributed by atoms with Gasteiger partial charge in [-0.15, -0.1) is 0 Å². The minimum absolute atomic E-state index is 0.178. The Morgan fingerprint density at radius 2 is 1.32 bits per heavy atom. The number of aliphatic carboxylic acids is 1. The largest absolute Gasteiger partial charge is 0.480 e. The van der Waals surface area contributed by atoms with Crippen LogP contribution in [0.3, 0.4) is 0 Å². The van der Waals surface area contributed by atoms with E-state index in [1.54, 1.807) is 9.80 Å². The number of fused-ring (bicyclic) bond motifs is 2. The van der Waals surface area contributed by atoms with Crippen molar-refractivity contribution in [3.63, 3.8) is 0 Å². The van der Waals surface area contributed by atoms with Gasteiger partial charge in [0.25, 0.3) is 0 Å². The molecule has 3 saturated heterocycles. The lowest BCUT2D eigenvalue weighted by Gasteiger charge is -2.32. The van der Waals surface area contributed by atoms with Crippen LogP contribution < -0.4 is 11.1 Å². The van der Waals surface area contributed by atoms with Gasteiger partial charge in [-0.25, -0.2) is 4.79 Å². The average molecular weight is 437 g/mol. The molecule has 0 aromatic heterocycles. The number of hydrogen-bond acceptors (Lipinski definition) is 5. The Hall–Kier alpha value is -2.16. The van der Waals surface area contributed by atoms with Gasteiger partial charge in [-0.3, -0.25) is 14.4 Å². The lowest BCUT2D eigenvalue weighted by atomic mass is 10.0. The van der Waals surface area contributed by atoms with E-state index in [9.17, 15) is 24.3 Å². The van der Waals surface area contributed by atoms with E-state index in [0.717, 1.165) is 44.9 Å². The molecule has 4 atom stereocenters. The quantitative estimate of drug-likeness (QED) is 0.562. The minimum atomic E-state index is -1.04. The summed E-state index contributed by atoms with van der Waals surface area (Å²) in [6.45, 7) is 0.952. The van der Waals surface area contributed by atoms with Crippen LogP contribution in [0.5, 0.6) is 0 Å². The van der Waals surface area contributed by atoms with Gasteiger partial charge in [0.2, 0.25) is 17.7 Å². The maximum Gasteiger partial charge on any atom is 0.326 e. The molecule has 3 aliphatic heterocycles. The molecule has 4 N–H and O–H groups in total. The lowest BCUT2D eigenvalue weighted by molar-refractivity contribution is -0.148. The number of hydrogen-bond donors (Lipinski definition) is 3. The summed E-state index contributed by atoms with van der Waals surface area (Å²) in [5, 5.41) is 12.2. The van der Waals surface area contributed by atoms with E-state index in [-0.39, 0.29) is 11.8 Å². The van der Waals surface area contributed by atoms with Crippen molar-refractivity contribution in [2.75, 3.05) is 13.1 Å². The van der Waals surface area contributed by atoms with Crippen molar-refractivity contribution < 1.29 is 24.3 Å². The number of rotatable bonds is 1. The number of carboxylic acids is 1. The third-order valence-corrected chi connectivity index (χ3v) is 6.85. The Kier molecular flexibility index (Phi) is 8.28. The van der Waals surface area contributed by atoms with Gasteiger partial charge in [0.15, 0.2) is 0 Å². The molecule has 0 aromatic carbocycles. The number of carbonyl (C=O) groups is 4. The van der Waals surface area contributed by atoms with Gasteiger partial charge < -0.3 is 26.0 Å². The summed E-state index contributed by atoms with van der Waals surface area (Å²) in [7, 11) is 0. The molecular weight excluding hydrogens is 400 g/mol. The molecule has 0 radical (unpaired) electrons. The molecule has 0 spiro atoms. The van der Waals surface area contributed by atoms with Crippen molar-refractivity contribution in [1.82, 2.24) is 15.1 Å². The maximum atomic E-state index is 13.3. The fourth-order valence-electron chi connectivity index (χ4n) is 5.06. The van der Waals surface area contributed by atoms with Crippen molar-refractivity contribution in [3.8, 4) is 0 Å². The summed E-state index contributed by atoms with van der Waals surface area (Å²) < 4.78 is 0. The van der Waals surface area contributed by atoms with Gasteiger partial charge in [-0.2, -0.15) is 0 Å². The van der Waals surface area contributed by atoms with Gasteiger partial charge in [-0.05, 0) is 38.5 Å². The highest BCUT2D eigenvalue weighted by molar-refractivity contribution is 5.94. The molecule has 3 heterocycles. The number of carbonyl (C=O) groups excluding carboxylic acids is 3. The molecule has 2 unspecified atom stereocenters. The van der Waals surface area contributed by atoms with E-state index >= 15 is 0 Å². The number of nitrogens with two attached hydrogens (primary N) is 1. The number of nitrogens with one attached hydrogen (secondary N) is 1. The smallest absolute Gasteiger partial charge is 0.326 e. The van der Waals surface area contributed by atoms with Gasteiger partial charge >= 0.3 is 5.97 Å². The van der Waals surface area contributed by atoms with E-state index in [2.05, 4.69) is 5.32 Å². The van der Waals surface area contributed by atoms with Crippen molar-refractivity contribution in [2.45, 2.75) is 101 Å². The Bertz CT molecular complexity index is 685. The van der Waals surface area contributed by atoms with Crippen molar-refractivity contribution in [1.29, 1.82) is 0 Å². The minimum Gasteiger partial charge on any atom is -0.480 e. The van der Waals surface area contributed by atoms with Crippen LogP contribution in [0.4, 0.5) is 0 Å². The average Bonchev–Trinajstić information content (AvgIpc) is 3.42. The second-order valence-electron chi connectivity index (χ2n) is 9.08. The molecule has 0 bridgehead atoms. The van der Waals surface area contributed by atoms with Crippen LogP contribution in [0.2, 0.25) is 0 Å². The standard InChI is InChI=1S/C22H36N4O5/c23-15-9-5-3-1-2-4-6-10-16(22(30)31)24-19(27)17-11-7-13-25(17)21(29)18-12-8-14-26(18)20(15)28/h15-18H,1-14,23H2,(H,24,27)(H,30,31)/t15?,16?,17-,18+/m0/s1. The second-order valence-corrected chi connectivity index (χ2v) is 9.08. The topological polar surface area (TPSA) is 133 Å². The van der Waals surface area contributed by atoms with Crippen LogP contribution in [0.15, 0.2) is 0 Å². The van der Waals surface area contributed by atoms with Crippen LogP contribution >= 0.6 is 0 Å². The number of nitrogens with zero attached hydrogens (tertiary/aromatic N) is 2. The predicted molar refractivity (Wildman–Crippen MR) is 114 cm³/mol. The van der Waals surface area contributed by atoms with Gasteiger partial charge in [0.05, 0.1) is 6.04 Å². The molecule has 3 aliphatic rings. The van der Waals surface area contributed by atoms with Crippen molar-refractivity contribution in [2.24, 2.45) is 5.73 Å². The predicted octanol–water partition coefficient (Wildman–Crippen LogP) is 1.000. The maximum absolute atomic E-state index is 13.3. The molecular formula is C22H36N4O5. The van der Waals surface area contributed by atoms with Gasteiger partial charge in [0.1, 0.15) is 18.1 Å². The Balaban J connectivity index is 1.77. The fraction of sp³-hybridized carbons (Fsp3) is 0.818. The molecule has 3 amide bonds. The number of amides is 3. The fourth-order valence-corrected chi connectivity index (χ4v) is 5.06. The molecule has 9 nitrogen and oxygen atoms in total. The first-order valence-electron chi connectivity index (χ1n) is 11.8. The van der Waals surface area contributed by atoms with E-state index in [1.807, 2.05) is 0 Å². The van der Waals surface area contributed by atoms with E-state index in [1.165, 1.54) is 0 Å². The molecule has 0 saturated carbocycles.